The fraction of sp³-hybridized carbons (Fsp3) is 0.379. The van der Waals surface area contributed by atoms with Gasteiger partial charge in [-0.05, 0) is 52.0 Å². The second-order valence-corrected chi connectivity index (χ2v) is 10.4. The molecule has 3 heterocycles. The number of aryl methyl sites for hydroxylation is 1. The van der Waals surface area contributed by atoms with Crippen LogP contribution in [0.2, 0.25) is 0 Å². The molecule has 0 saturated heterocycles. The van der Waals surface area contributed by atoms with Gasteiger partial charge in [0.15, 0.2) is 5.78 Å². The molecule has 0 spiro atoms. The Labute approximate surface area is 227 Å². The van der Waals surface area contributed by atoms with Gasteiger partial charge in [-0.3, -0.25) is 9.48 Å². The minimum absolute atomic E-state index is 0.106. The van der Waals surface area contributed by atoms with Crippen LogP contribution in [0.25, 0.3) is 16.8 Å². The Bertz CT molecular complexity index is 1520. The van der Waals surface area contributed by atoms with Gasteiger partial charge >= 0.3 is 6.09 Å². The van der Waals surface area contributed by atoms with Crippen molar-refractivity contribution in [3.63, 3.8) is 0 Å². The number of halogens is 1. The van der Waals surface area contributed by atoms with Crippen molar-refractivity contribution in [2.24, 2.45) is 7.05 Å². The van der Waals surface area contributed by atoms with Gasteiger partial charge in [0.1, 0.15) is 28.5 Å². The molecule has 0 radical (unpaired) electrons. The van der Waals surface area contributed by atoms with Gasteiger partial charge in [0.2, 0.25) is 0 Å². The summed E-state index contributed by atoms with van der Waals surface area (Å²) in [7, 11) is 1.80. The number of carbonyl (C=O) groups is 2. The van der Waals surface area contributed by atoms with Gasteiger partial charge in [-0.1, -0.05) is 0 Å². The summed E-state index contributed by atoms with van der Waals surface area (Å²) in [5.74, 6) is -0.118. The van der Waals surface area contributed by atoms with Gasteiger partial charge < -0.3 is 19.2 Å². The van der Waals surface area contributed by atoms with Crippen LogP contribution in [0.3, 0.4) is 0 Å². The Hall–Kier alpha value is -4.21. The molecule has 0 saturated carbocycles. The second kappa shape index (κ2) is 11.3. The molecule has 9 nitrogen and oxygen atoms in total. The first-order chi connectivity index (χ1) is 18.4. The van der Waals surface area contributed by atoms with Crippen molar-refractivity contribution >= 4 is 17.5 Å². The lowest BCUT2D eigenvalue weighted by Gasteiger charge is -2.19. The van der Waals surface area contributed by atoms with E-state index in [0.29, 0.717) is 30.8 Å². The molecule has 3 aromatic heterocycles. The summed E-state index contributed by atoms with van der Waals surface area (Å²) in [5.41, 5.74) is 4.77. The number of ketones is 1. The van der Waals surface area contributed by atoms with Crippen LogP contribution in [0.15, 0.2) is 42.7 Å². The Morgan fingerprint density at radius 2 is 1.90 bits per heavy atom. The molecule has 1 N–H and O–H groups in total. The number of ether oxygens (including phenoxy) is 2. The smallest absolute Gasteiger partial charge is 0.407 e. The number of carbonyl (C=O) groups excluding carboxylic acids is 2. The number of nitrogens with zero attached hydrogens (tertiary/aromatic N) is 4. The van der Waals surface area contributed by atoms with E-state index in [-0.39, 0.29) is 12.4 Å². The van der Waals surface area contributed by atoms with E-state index in [1.54, 1.807) is 24.0 Å². The number of rotatable bonds is 9. The van der Waals surface area contributed by atoms with Crippen LogP contribution in [0.5, 0.6) is 5.75 Å². The van der Waals surface area contributed by atoms with E-state index in [0.717, 1.165) is 33.7 Å². The zero-order valence-electron chi connectivity index (χ0n) is 23.2. The Kier molecular flexibility index (Phi) is 8.03. The van der Waals surface area contributed by atoms with Crippen LogP contribution in [-0.2, 0) is 24.6 Å². The monoisotopic (exact) mass is 535 g/mol. The first-order valence-corrected chi connectivity index (χ1v) is 12.8. The first-order valence-electron chi connectivity index (χ1n) is 12.8. The summed E-state index contributed by atoms with van der Waals surface area (Å²) in [5, 5.41) is 7.07. The highest BCUT2D eigenvalue weighted by atomic mass is 19.1. The Morgan fingerprint density at radius 3 is 2.62 bits per heavy atom. The quantitative estimate of drug-likeness (QED) is 0.300. The lowest BCUT2D eigenvalue weighted by atomic mass is 10.1. The van der Waals surface area contributed by atoms with Gasteiger partial charge in [-0.15, -0.1) is 0 Å². The molecule has 39 heavy (non-hydrogen) atoms. The number of amides is 1. The van der Waals surface area contributed by atoms with E-state index in [2.05, 4.69) is 15.4 Å². The number of pyridine rings is 1. The minimum Gasteiger partial charge on any atom is -0.492 e. The summed E-state index contributed by atoms with van der Waals surface area (Å²) in [6.07, 6.45) is 4.21. The highest BCUT2D eigenvalue weighted by Crippen LogP contribution is 2.31. The number of benzene rings is 1. The van der Waals surface area contributed by atoms with Gasteiger partial charge in [0, 0.05) is 79.9 Å². The summed E-state index contributed by atoms with van der Waals surface area (Å²) < 4.78 is 29.2. The predicted octanol–water partition coefficient (Wildman–Crippen LogP) is 5.07. The molecule has 1 aromatic carbocycles. The summed E-state index contributed by atoms with van der Waals surface area (Å²) in [6, 6.07) is 8.23. The van der Waals surface area contributed by atoms with Gasteiger partial charge in [0.25, 0.3) is 0 Å². The van der Waals surface area contributed by atoms with E-state index in [9.17, 15) is 14.0 Å². The molecular weight excluding hydrogens is 501 g/mol. The zero-order chi connectivity index (χ0) is 28.3. The average molecular weight is 536 g/mol. The third-order valence-corrected chi connectivity index (χ3v) is 6.29. The van der Waals surface area contributed by atoms with E-state index in [1.165, 1.54) is 19.1 Å². The van der Waals surface area contributed by atoms with E-state index in [4.69, 9.17) is 9.47 Å². The summed E-state index contributed by atoms with van der Waals surface area (Å²) in [6.45, 7) is 9.47. The number of hydrogen-bond donors (Lipinski definition) is 1. The van der Waals surface area contributed by atoms with Crippen molar-refractivity contribution in [2.45, 2.75) is 53.1 Å². The Morgan fingerprint density at radius 1 is 1.13 bits per heavy atom. The molecule has 0 aliphatic carbocycles. The number of hydrogen-bond acceptors (Lipinski definition) is 6. The van der Waals surface area contributed by atoms with Gasteiger partial charge in [-0.25, -0.2) is 14.2 Å². The van der Waals surface area contributed by atoms with Crippen LogP contribution in [0.1, 0.15) is 55.1 Å². The maximum Gasteiger partial charge on any atom is 0.407 e. The van der Waals surface area contributed by atoms with Crippen molar-refractivity contribution in [3.8, 4) is 16.9 Å². The fourth-order valence-electron chi connectivity index (χ4n) is 4.33. The molecule has 4 aromatic rings. The van der Waals surface area contributed by atoms with Crippen molar-refractivity contribution in [3.05, 3.63) is 71.2 Å². The molecule has 0 atom stereocenters. The van der Waals surface area contributed by atoms with Gasteiger partial charge in [-0.2, -0.15) is 5.10 Å². The molecule has 4 rings (SSSR count). The first kappa shape index (κ1) is 27.8. The predicted molar refractivity (Wildman–Crippen MR) is 146 cm³/mol. The van der Waals surface area contributed by atoms with E-state index >= 15 is 0 Å². The molecule has 0 bridgehead atoms. The van der Waals surface area contributed by atoms with Crippen molar-refractivity contribution in [2.75, 3.05) is 13.2 Å². The lowest BCUT2D eigenvalue weighted by Crippen LogP contribution is -2.33. The van der Waals surface area contributed by atoms with Crippen molar-refractivity contribution < 1.29 is 23.5 Å². The number of Topliss-reactive ketones (excluding diaryl/α,β-unsaturated/α-hetero) is 1. The number of fused-ring (bicyclic) bond motifs is 1. The summed E-state index contributed by atoms with van der Waals surface area (Å²) in [4.78, 5) is 28.5. The van der Waals surface area contributed by atoms with E-state index < -0.39 is 17.5 Å². The minimum atomic E-state index is -0.566. The summed E-state index contributed by atoms with van der Waals surface area (Å²) >= 11 is 0. The van der Waals surface area contributed by atoms with Crippen LogP contribution in [-0.4, -0.2) is 49.8 Å². The van der Waals surface area contributed by atoms with Crippen molar-refractivity contribution in [1.82, 2.24) is 24.5 Å². The normalized spacial score (nSPS) is 11.6. The highest BCUT2D eigenvalue weighted by molar-refractivity contribution is 5.93. The molecule has 0 aliphatic heterocycles. The molecule has 0 unspecified atom stereocenters. The van der Waals surface area contributed by atoms with Crippen LogP contribution < -0.4 is 10.1 Å². The van der Waals surface area contributed by atoms with E-state index in [1.807, 2.05) is 50.4 Å². The molecular formula is C29H34FN5O4. The standard InChI is InChI=1S/C29H34FN5O4/c1-18-23(27(19(2)36)33-34(18)6)12-14-38-25-15-21(30)8-9-24(25)20-7-10-26-32-16-22(35(26)17-20)11-13-31-28(37)39-29(3,4)5/h7-10,15-17H,11-14H2,1-6H3,(H,31,37). The third-order valence-electron chi connectivity index (χ3n) is 6.29. The second-order valence-electron chi connectivity index (χ2n) is 10.4. The lowest BCUT2D eigenvalue weighted by molar-refractivity contribution is 0.0528. The topological polar surface area (TPSA) is 99.8 Å². The maximum atomic E-state index is 14.2. The number of aromatic nitrogens is 4. The third kappa shape index (κ3) is 6.63. The molecule has 0 aliphatic rings. The molecule has 10 heteroatoms. The fourth-order valence-corrected chi connectivity index (χ4v) is 4.33. The Balaban J connectivity index is 1.52. The SMILES string of the molecule is CC(=O)c1nn(C)c(C)c1CCOc1cc(F)ccc1-c1ccc2ncc(CCNC(=O)OC(C)(C)C)n2c1. The van der Waals surface area contributed by atoms with Crippen LogP contribution in [0.4, 0.5) is 9.18 Å². The largest absolute Gasteiger partial charge is 0.492 e. The zero-order valence-corrected chi connectivity index (χ0v) is 23.2. The number of nitrogens with one attached hydrogen (secondary N) is 1. The van der Waals surface area contributed by atoms with Crippen LogP contribution in [0, 0.1) is 12.7 Å². The van der Waals surface area contributed by atoms with Crippen molar-refractivity contribution in [1.29, 1.82) is 0 Å². The highest BCUT2D eigenvalue weighted by Gasteiger charge is 2.18. The van der Waals surface area contributed by atoms with Gasteiger partial charge in [0.05, 0.1) is 6.61 Å². The van der Waals surface area contributed by atoms with Crippen LogP contribution >= 0.6 is 0 Å². The molecule has 0 fully saturated rings. The number of imidazole rings is 1. The molecule has 206 valence electrons. The molecule has 1 amide bonds. The maximum absolute atomic E-state index is 14.2. The average Bonchev–Trinajstić information content (AvgIpc) is 3.38. The number of alkyl carbamates (subject to hydrolysis) is 1.